The number of benzene rings is 2. The highest BCUT2D eigenvalue weighted by Gasteiger charge is 2.23. The first-order chi connectivity index (χ1) is 14.2. The minimum Gasteiger partial charge on any atom is -0.423 e. The van der Waals surface area contributed by atoms with Gasteiger partial charge in [-0.25, -0.2) is 4.79 Å². The molecule has 0 saturated carbocycles. The number of nitrogens with zero attached hydrogens (tertiary/aromatic N) is 1. The van der Waals surface area contributed by atoms with Gasteiger partial charge in [0.2, 0.25) is 0 Å². The number of hydrogen-bond acceptors (Lipinski definition) is 4. The zero-order valence-electron chi connectivity index (χ0n) is 18.7. The minimum absolute atomic E-state index is 0.0148. The Kier molecular flexibility index (Phi) is 8.55. The van der Waals surface area contributed by atoms with Crippen molar-refractivity contribution in [2.75, 3.05) is 6.54 Å². The second-order valence-electron chi connectivity index (χ2n) is 8.26. The van der Waals surface area contributed by atoms with Crippen LogP contribution in [0, 0.1) is 0 Å². The average molecular weight is 408 g/mol. The van der Waals surface area contributed by atoms with Crippen LogP contribution in [0.5, 0.6) is 5.75 Å². The molecular weight excluding hydrogens is 374 g/mol. The second-order valence-corrected chi connectivity index (χ2v) is 8.26. The average Bonchev–Trinajstić information content (AvgIpc) is 2.71. The van der Waals surface area contributed by atoms with Crippen molar-refractivity contribution in [3.63, 3.8) is 0 Å². The summed E-state index contributed by atoms with van der Waals surface area (Å²) in [5.74, 6) is -0.00461. The molecule has 4 nitrogen and oxygen atoms in total. The standard InChI is InChI=1S/C26H33NO3/c1-18(2)26(29)30-25-13-12-21(17-28)16-24(25)23(22-10-8-7-9-11-22)14-15-27(19(3)4)20(5)6/h7-13,16-17,19-20,23H,1,14-15H2,2-6H3/t23-/m1/s1. The summed E-state index contributed by atoms with van der Waals surface area (Å²) in [5, 5.41) is 0. The molecule has 0 radical (unpaired) electrons. The van der Waals surface area contributed by atoms with E-state index in [1.54, 1.807) is 19.1 Å². The lowest BCUT2D eigenvalue weighted by molar-refractivity contribution is -0.130. The van der Waals surface area contributed by atoms with Gasteiger partial charge in [0.15, 0.2) is 0 Å². The Bertz CT molecular complexity index is 863. The number of carbonyl (C=O) groups excluding carboxylic acids is 2. The van der Waals surface area contributed by atoms with Crippen LogP contribution in [-0.4, -0.2) is 35.8 Å². The molecule has 0 aromatic heterocycles. The van der Waals surface area contributed by atoms with Crippen LogP contribution < -0.4 is 4.74 Å². The zero-order chi connectivity index (χ0) is 22.3. The Morgan fingerprint density at radius 2 is 1.70 bits per heavy atom. The molecule has 0 bridgehead atoms. The molecule has 0 aliphatic heterocycles. The smallest absolute Gasteiger partial charge is 0.338 e. The fraction of sp³-hybridized carbons (Fsp3) is 0.385. The summed E-state index contributed by atoms with van der Waals surface area (Å²) in [6.45, 7) is 15.0. The predicted octanol–water partition coefficient (Wildman–Crippen LogP) is 5.62. The highest BCUT2D eigenvalue weighted by molar-refractivity contribution is 5.89. The molecular formula is C26H33NO3. The summed E-state index contributed by atoms with van der Waals surface area (Å²) in [4.78, 5) is 26.1. The number of hydrogen-bond donors (Lipinski definition) is 0. The van der Waals surface area contributed by atoms with E-state index in [0.717, 1.165) is 30.4 Å². The lowest BCUT2D eigenvalue weighted by Crippen LogP contribution is -2.38. The van der Waals surface area contributed by atoms with Crippen molar-refractivity contribution in [2.24, 2.45) is 0 Å². The van der Waals surface area contributed by atoms with Gasteiger partial charge in [0, 0.05) is 34.7 Å². The largest absolute Gasteiger partial charge is 0.423 e. The van der Waals surface area contributed by atoms with Crippen LogP contribution in [0.25, 0.3) is 0 Å². The molecule has 160 valence electrons. The third-order valence-corrected chi connectivity index (χ3v) is 5.30. The van der Waals surface area contributed by atoms with E-state index in [0.29, 0.717) is 29.0 Å². The SMILES string of the molecule is C=C(C)C(=O)Oc1ccc(C=O)cc1[C@H](CCN(C(C)C)C(C)C)c1ccccc1. The highest BCUT2D eigenvalue weighted by Crippen LogP contribution is 2.36. The summed E-state index contributed by atoms with van der Waals surface area (Å²) in [6.07, 6.45) is 1.66. The molecule has 4 heteroatoms. The fourth-order valence-electron chi connectivity index (χ4n) is 3.77. The zero-order valence-corrected chi connectivity index (χ0v) is 18.7. The van der Waals surface area contributed by atoms with Crippen molar-refractivity contribution in [1.82, 2.24) is 4.90 Å². The Morgan fingerprint density at radius 3 is 2.23 bits per heavy atom. The number of carbonyl (C=O) groups is 2. The molecule has 0 aliphatic rings. The molecule has 0 fully saturated rings. The summed E-state index contributed by atoms with van der Waals surface area (Å²) in [7, 11) is 0. The van der Waals surface area contributed by atoms with Gasteiger partial charge in [-0.2, -0.15) is 0 Å². The van der Waals surface area contributed by atoms with Crippen LogP contribution in [-0.2, 0) is 4.79 Å². The Hall–Kier alpha value is -2.72. The van der Waals surface area contributed by atoms with E-state index in [1.807, 2.05) is 24.3 Å². The summed E-state index contributed by atoms with van der Waals surface area (Å²) < 4.78 is 5.64. The van der Waals surface area contributed by atoms with Crippen LogP contribution in [0.3, 0.4) is 0 Å². The third kappa shape index (κ3) is 6.14. The Morgan fingerprint density at radius 1 is 1.07 bits per heavy atom. The second kappa shape index (κ2) is 10.9. The first-order valence-corrected chi connectivity index (χ1v) is 10.5. The Balaban J connectivity index is 2.50. The molecule has 0 aliphatic carbocycles. The van der Waals surface area contributed by atoms with Gasteiger partial charge >= 0.3 is 5.97 Å². The molecule has 0 saturated heterocycles. The minimum atomic E-state index is -0.465. The first kappa shape index (κ1) is 23.6. The van der Waals surface area contributed by atoms with Crippen molar-refractivity contribution in [3.8, 4) is 5.75 Å². The predicted molar refractivity (Wildman–Crippen MR) is 122 cm³/mol. The topological polar surface area (TPSA) is 46.6 Å². The first-order valence-electron chi connectivity index (χ1n) is 10.5. The summed E-state index contributed by atoms with van der Waals surface area (Å²) in [6, 6.07) is 16.2. The molecule has 0 N–H and O–H groups in total. The van der Waals surface area contributed by atoms with Crippen molar-refractivity contribution in [1.29, 1.82) is 0 Å². The van der Waals surface area contributed by atoms with Gasteiger partial charge in [-0.1, -0.05) is 36.9 Å². The molecule has 1 atom stereocenters. The van der Waals surface area contributed by atoms with Crippen molar-refractivity contribution < 1.29 is 14.3 Å². The van der Waals surface area contributed by atoms with Gasteiger partial charge in [-0.3, -0.25) is 9.69 Å². The Labute approximate surface area is 180 Å². The summed E-state index contributed by atoms with van der Waals surface area (Å²) in [5.41, 5.74) is 2.86. The van der Waals surface area contributed by atoms with Crippen LogP contribution in [0.15, 0.2) is 60.7 Å². The van der Waals surface area contributed by atoms with Crippen LogP contribution >= 0.6 is 0 Å². The third-order valence-electron chi connectivity index (χ3n) is 5.30. The van der Waals surface area contributed by atoms with Crippen molar-refractivity contribution in [2.45, 2.75) is 59.0 Å². The van der Waals surface area contributed by atoms with Crippen LogP contribution in [0.2, 0.25) is 0 Å². The van der Waals surface area contributed by atoms with E-state index in [1.165, 1.54) is 0 Å². The van der Waals surface area contributed by atoms with Gasteiger partial charge in [0.1, 0.15) is 12.0 Å². The monoisotopic (exact) mass is 407 g/mol. The van der Waals surface area contributed by atoms with E-state index >= 15 is 0 Å². The molecule has 2 aromatic rings. The normalized spacial score (nSPS) is 12.3. The van der Waals surface area contributed by atoms with E-state index in [-0.39, 0.29) is 5.92 Å². The molecule has 0 amide bonds. The maximum absolute atomic E-state index is 12.2. The van der Waals surface area contributed by atoms with Gasteiger partial charge in [-0.15, -0.1) is 0 Å². The highest BCUT2D eigenvalue weighted by atomic mass is 16.5. The van der Waals surface area contributed by atoms with E-state index in [4.69, 9.17) is 4.74 Å². The van der Waals surface area contributed by atoms with E-state index in [9.17, 15) is 9.59 Å². The molecule has 30 heavy (non-hydrogen) atoms. The molecule has 0 heterocycles. The molecule has 2 rings (SSSR count). The lowest BCUT2D eigenvalue weighted by Gasteiger charge is -2.32. The van der Waals surface area contributed by atoms with E-state index in [2.05, 4.69) is 51.3 Å². The quantitative estimate of drug-likeness (QED) is 0.222. The number of rotatable bonds is 10. The maximum Gasteiger partial charge on any atom is 0.338 e. The molecule has 0 unspecified atom stereocenters. The molecule has 2 aromatic carbocycles. The van der Waals surface area contributed by atoms with Gasteiger partial charge in [0.05, 0.1) is 0 Å². The van der Waals surface area contributed by atoms with Gasteiger partial charge < -0.3 is 4.74 Å². The van der Waals surface area contributed by atoms with Crippen LogP contribution in [0.1, 0.15) is 68.4 Å². The van der Waals surface area contributed by atoms with Gasteiger partial charge in [-0.05, 0) is 71.3 Å². The number of aldehydes is 1. The summed E-state index contributed by atoms with van der Waals surface area (Å²) >= 11 is 0. The number of ether oxygens (including phenoxy) is 1. The van der Waals surface area contributed by atoms with E-state index < -0.39 is 5.97 Å². The van der Waals surface area contributed by atoms with Crippen LogP contribution in [0.4, 0.5) is 0 Å². The lowest BCUT2D eigenvalue weighted by atomic mass is 9.86. The van der Waals surface area contributed by atoms with Gasteiger partial charge in [0.25, 0.3) is 0 Å². The molecule has 0 spiro atoms. The van der Waals surface area contributed by atoms with Crippen molar-refractivity contribution in [3.05, 3.63) is 77.4 Å². The number of esters is 1. The van der Waals surface area contributed by atoms with Crippen molar-refractivity contribution >= 4 is 12.3 Å². The fourth-order valence-corrected chi connectivity index (χ4v) is 3.77. The maximum atomic E-state index is 12.2.